The van der Waals surface area contributed by atoms with Crippen LogP contribution in [-0.2, 0) is 30.3 Å². The topological polar surface area (TPSA) is 63.1 Å². The van der Waals surface area contributed by atoms with E-state index in [0.717, 1.165) is 42.6 Å². The molecule has 1 aliphatic carbocycles. The molecule has 4 aromatic carbocycles. The van der Waals surface area contributed by atoms with Gasteiger partial charge < -0.3 is 5.11 Å². The van der Waals surface area contributed by atoms with Gasteiger partial charge in [-0.15, -0.1) is 23.3 Å². The Balaban J connectivity index is 0.000000269. The fourth-order valence-corrected chi connectivity index (χ4v) is 7.07. The van der Waals surface area contributed by atoms with Crippen molar-refractivity contribution in [3.8, 4) is 22.5 Å². The molecule has 1 N–H and O–H groups in total. The number of aromatic nitrogens is 2. The van der Waals surface area contributed by atoms with Gasteiger partial charge in [-0.2, -0.15) is 0 Å². The first-order valence-corrected chi connectivity index (χ1v) is 18.0. The van der Waals surface area contributed by atoms with Crippen LogP contribution in [0.15, 0.2) is 84.9 Å². The average molecular weight is 846 g/mol. The largest absolute Gasteiger partial charge is 0.512 e. The van der Waals surface area contributed by atoms with Crippen LogP contribution >= 0.6 is 0 Å². The molecule has 5 heteroatoms. The Labute approximate surface area is 313 Å². The summed E-state index contributed by atoms with van der Waals surface area (Å²) in [4.78, 5) is 21.8. The van der Waals surface area contributed by atoms with E-state index >= 15 is 0 Å². The third kappa shape index (κ3) is 6.97. The fourth-order valence-electron chi connectivity index (χ4n) is 7.07. The summed E-state index contributed by atoms with van der Waals surface area (Å²) in [5, 5.41) is 15.1. The SMILES string of the molecule is CC(C)c1c[c-]c(-c2ncnc3c2C(C)(C)c2cc4ccccc4cc2-3)c2ccccc12.CCC(C)(CC)C(=O)/C=C(\O)C(C)(CC)CC.[Ir]. The van der Waals surface area contributed by atoms with Gasteiger partial charge in [0.15, 0.2) is 5.78 Å². The number of allylic oxidation sites excluding steroid dienone is 2. The van der Waals surface area contributed by atoms with Crippen LogP contribution < -0.4 is 0 Å². The second kappa shape index (κ2) is 15.3. The molecule has 1 radical (unpaired) electrons. The first-order chi connectivity index (χ1) is 23.3. The Morgan fingerprint density at radius 3 is 1.96 bits per heavy atom. The van der Waals surface area contributed by atoms with E-state index in [2.05, 4.69) is 100 Å². The number of nitrogens with zero attached hydrogens (tertiary/aromatic N) is 2. The fraction of sp³-hybridized carbons (Fsp3) is 0.400. The second-order valence-electron chi connectivity index (χ2n) is 15.1. The van der Waals surface area contributed by atoms with Crippen molar-refractivity contribution in [2.75, 3.05) is 0 Å². The number of aliphatic hydroxyl groups excluding tert-OH is 1. The van der Waals surface area contributed by atoms with Gasteiger partial charge in [-0.3, -0.25) is 9.78 Å². The Bertz CT molecular complexity index is 2030. The van der Waals surface area contributed by atoms with Crippen LogP contribution in [-0.4, -0.2) is 20.9 Å². The van der Waals surface area contributed by atoms with Gasteiger partial charge in [0.05, 0.1) is 5.69 Å². The maximum absolute atomic E-state index is 12.2. The Morgan fingerprint density at radius 2 is 1.38 bits per heavy atom. The summed E-state index contributed by atoms with van der Waals surface area (Å²) in [6.07, 6.45) is 6.47. The second-order valence-corrected chi connectivity index (χ2v) is 15.1. The molecular formula is C45H53IrN2O2-. The number of hydrogen-bond donors (Lipinski definition) is 1. The van der Waals surface area contributed by atoms with Crippen LogP contribution in [0, 0.1) is 16.9 Å². The van der Waals surface area contributed by atoms with Gasteiger partial charge in [-0.05, 0) is 65.4 Å². The molecule has 0 unspecified atom stereocenters. The van der Waals surface area contributed by atoms with Crippen molar-refractivity contribution in [2.45, 2.75) is 106 Å². The van der Waals surface area contributed by atoms with E-state index in [1.54, 1.807) is 6.33 Å². The van der Waals surface area contributed by atoms with Gasteiger partial charge in [0.25, 0.3) is 0 Å². The normalized spacial score (nSPS) is 13.8. The number of fused-ring (bicyclic) bond motifs is 5. The van der Waals surface area contributed by atoms with Crippen molar-refractivity contribution in [3.05, 3.63) is 108 Å². The van der Waals surface area contributed by atoms with Crippen molar-refractivity contribution < 1.29 is 30.0 Å². The summed E-state index contributed by atoms with van der Waals surface area (Å²) in [5.74, 6) is 0.725. The zero-order valence-electron chi connectivity index (χ0n) is 31.5. The van der Waals surface area contributed by atoms with Crippen LogP contribution in [0.1, 0.15) is 118 Å². The predicted octanol–water partition coefficient (Wildman–Crippen LogP) is 12.3. The minimum absolute atomic E-state index is 0. The number of carbonyl (C=O) groups is 1. The van der Waals surface area contributed by atoms with Crippen LogP contribution in [0.25, 0.3) is 44.1 Å². The molecule has 0 aliphatic heterocycles. The molecule has 0 saturated heterocycles. The van der Waals surface area contributed by atoms with Gasteiger partial charge in [0.1, 0.15) is 12.1 Å². The molecule has 1 heterocycles. The molecule has 50 heavy (non-hydrogen) atoms. The van der Waals surface area contributed by atoms with E-state index in [1.165, 1.54) is 49.9 Å². The Morgan fingerprint density at radius 1 is 0.840 bits per heavy atom. The van der Waals surface area contributed by atoms with Gasteiger partial charge in [-0.25, -0.2) is 4.98 Å². The third-order valence-electron chi connectivity index (χ3n) is 11.6. The summed E-state index contributed by atoms with van der Waals surface area (Å²) >= 11 is 0. The predicted molar refractivity (Wildman–Crippen MR) is 206 cm³/mol. The standard InChI is InChI=1S/C30H25N2.C15H28O2.Ir/c1-18(2)21-13-14-24(23-12-8-7-11-22(21)23)28-27-29(32-17-31-28)25-15-19-9-5-6-10-20(19)16-26(25)30(27,3)4;1-7-14(5,8-2)12(16)11-13(17)15(6,9-3)10-4;/h5-13,15-18H,1-4H3;11,16H,7-10H2,1-6H3;/q-1;;/b;12-11-;. The van der Waals surface area contributed by atoms with Gasteiger partial charge in [0.2, 0.25) is 0 Å². The monoisotopic (exact) mass is 846 g/mol. The van der Waals surface area contributed by atoms with Crippen LogP contribution in [0.4, 0.5) is 0 Å². The quantitative estimate of drug-likeness (QED) is 0.0912. The van der Waals surface area contributed by atoms with Gasteiger partial charge in [0, 0.05) is 48.0 Å². The van der Waals surface area contributed by atoms with E-state index < -0.39 is 0 Å². The first-order valence-electron chi connectivity index (χ1n) is 18.0. The summed E-state index contributed by atoms with van der Waals surface area (Å²) in [5.41, 5.74) is 7.36. The van der Waals surface area contributed by atoms with Gasteiger partial charge in [-0.1, -0.05) is 134 Å². The summed E-state index contributed by atoms with van der Waals surface area (Å²) in [6.45, 7) is 21.2. The molecular weight excluding hydrogens is 793 g/mol. The number of hydrogen-bond acceptors (Lipinski definition) is 4. The molecule has 0 fully saturated rings. The summed E-state index contributed by atoms with van der Waals surface area (Å²) in [7, 11) is 0. The van der Waals surface area contributed by atoms with Gasteiger partial charge >= 0.3 is 0 Å². The molecule has 4 nitrogen and oxygen atoms in total. The van der Waals surface area contributed by atoms with Crippen molar-refractivity contribution in [2.24, 2.45) is 10.8 Å². The van der Waals surface area contributed by atoms with Crippen LogP contribution in [0.2, 0.25) is 0 Å². The van der Waals surface area contributed by atoms with E-state index in [0.29, 0.717) is 5.92 Å². The van der Waals surface area contributed by atoms with E-state index in [9.17, 15) is 9.90 Å². The maximum Gasteiger partial charge on any atom is 0.164 e. The van der Waals surface area contributed by atoms with Crippen LogP contribution in [0.3, 0.4) is 0 Å². The molecule has 0 spiro atoms. The molecule has 0 bridgehead atoms. The molecule has 6 rings (SSSR count). The molecule has 1 aromatic heterocycles. The molecule has 265 valence electrons. The molecule has 0 atom stereocenters. The minimum atomic E-state index is -0.337. The van der Waals surface area contributed by atoms with Crippen molar-refractivity contribution in [1.29, 1.82) is 0 Å². The number of aliphatic hydroxyl groups is 1. The minimum Gasteiger partial charge on any atom is -0.512 e. The van der Waals surface area contributed by atoms with E-state index in [-0.39, 0.29) is 47.9 Å². The number of benzene rings is 4. The average Bonchev–Trinajstić information content (AvgIpc) is 3.34. The molecule has 0 amide bonds. The zero-order chi connectivity index (χ0) is 35.7. The van der Waals surface area contributed by atoms with Crippen molar-refractivity contribution in [1.82, 2.24) is 9.97 Å². The van der Waals surface area contributed by atoms with E-state index in [4.69, 9.17) is 9.97 Å². The molecule has 5 aromatic rings. The smallest absolute Gasteiger partial charge is 0.164 e. The number of ketones is 1. The van der Waals surface area contributed by atoms with Crippen molar-refractivity contribution >= 4 is 27.3 Å². The summed E-state index contributed by atoms with van der Waals surface area (Å²) in [6, 6.07) is 27.6. The number of carbonyl (C=O) groups excluding carboxylic acids is 1. The Hall–Kier alpha value is -3.66. The van der Waals surface area contributed by atoms with Crippen molar-refractivity contribution in [3.63, 3.8) is 0 Å². The van der Waals surface area contributed by atoms with E-state index in [1.807, 2.05) is 41.5 Å². The molecule has 0 saturated carbocycles. The zero-order valence-corrected chi connectivity index (χ0v) is 33.9. The Kier molecular flexibility index (Phi) is 12.0. The van der Waals surface area contributed by atoms with Crippen LogP contribution in [0.5, 0.6) is 0 Å². The summed E-state index contributed by atoms with van der Waals surface area (Å²) < 4.78 is 0. The maximum atomic E-state index is 12.2. The first kappa shape index (κ1) is 39.1. The molecule has 1 aliphatic rings. The third-order valence-corrected chi connectivity index (χ3v) is 11.6. The number of rotatable bonds is 9.